The molecule has 1 amide bonds. The van der Waals surface area contributed by atoms with E-state index < -0.39 is 0 Å². The van der Waals surface area contributed by atoms with Gasteiger partial charge in [-0.05, 0) is 31.2 Å². The topological polar surface area (TPSA) is 54.4 Å². The van der Waals surface area contributed by atoms with Crippen LogP contribution in [-0.2, 0) is 0 Å². The Morgan fingerprint density at radius 2 is 1.96 bits per heavy atom. The molecule has 7 heteroatoms. The van der Waals surface area contributed by atoms with E-state index in [0.717, 1.165) is 15.6 Å². The van der Waals surface area contributed by atoms with Crippen LogP contribution in [0.1, 0.15) is 22.2 Å². The number of benzene rings is 1. The molecule has 116 valence electrons. The van der Waals surface area contributed by atoms with Crippen LogP contribution in [0.2, 0.25) is 10.0 Å². The number of rotatable bonds is 3. The van der Waals surface area contributed by atoms with Crippen LogP contribution in [-0.4, -0.2) is 16.6 Å². The number of hydrogen-bond donors (Lipinski definition) is 1. The molecular formula is C16H11Cl2N3OS. The highest BCUT2D eigenvalue weighted by atomic mass is 35.5. The standard InChI is InChI=1S/C16H11Cl2N3OS/c1-9(10-4-6-19-7-5-10)20-21-16(22)15-14(18)12-3-2-11(17)8-13(12)23-15/h2-8H,1H3,(H,21,22)/b20-9-. The van der Waals surface area contributed by atoms with Gasteiger partial charge >= 0.3 is 0 Å². The van der Waals surface area contributed by atoms with E-state index in [-0.39, 0.29) is 5.91 Å². The van der Waals surface area contributed by atoms with E-state index in [2.05, 4.69) is 15.5 Å². The zero-order valence-electron chi connectivity index (χ0n) is 12.0. The van der Waals surface area contributed by atoms with Gasteiger partial charge in [0.1, 0.15) is 4.88 Å². The van der Waals surface area contributed by atoms with Gasteiger partial charge in [-0.25, -0.2) is 5.43 Å². The Morgan fingerprint density at radius 3 is 2.70 bits per heavy atom. The van der Waals surface area contributed by atoms with Crippen LogP contribution < -0.4 is 5.43 Å². The van der Waals surface area contributed by atoms with Gasteiger partial charge in [-0.3, -0.25) is 9.78 Å². The first-order valence-corrected chi connectivity index (χ1v) is 8.26. The molecule has 1 N–H and O–H groups in total. The third-order valence-electron chi connectivity index (χ3n) is 3.22. The summed E-state index contributed by atoms with van der Waals surface area (Å²) in [5.74, 6) is -0.347. The third-order valence-corrected chi connectivity index (χ3v) is 5.11. The maximum absolute atomic E-state index is 12.3. The number of thiophene rings is 1. The molecule has 3 aromatic rings. The molecular weight excluding hydrogens is 353 g/mol. The number of halogens is 2. The predicted octanol–water partition coefficient (Wildman–Crippen LogP) is 4.76. The maximum Gasteiger partial charge on any atom is 0.283 e. The smallest absolute Gasteiger partial charge is 0.266 e. The fraction of sp³-hybridized carbons (Fsp3) is 0.0625. The molecule has 0 aliphatic heterocycles. The lowest BCUT2D eigenvalue weighted by Gasteiger charge is -2.01. The molecule has 0 aliphatic rings. The summed E-state index contributed by atoms with van der Waals surface area (Å²) in [5, 5.41) is 5.94. The van der Waals surface area contributed by atoms with Crippen molar-refractivity contribution in [2.75, 3.05) is 0 Å². The molecule has 4 nitrogen and oxygen atoms in total. The second kappa shape index (κ2) is 6.66. The van der Waals surface area contributed by atoms with Gasteiger partial charge < -0.3 is 0 Å². The first-order chi connectivity index (χ1) is 11.1. The zero-order chi connectivity index (χ0) is 16.4. The second-order valence-electron chi connectivity index (χ2n) is 4.76. The minimum Gasteiger partial charge on any atom is -0.266 e. The van der Waals surface area contributed by atoms with E-state index in [1.807, 2.05) is 19.1 Å². The first kappa shape index (κ1) is 15.9. The van der Waals surface area contributed by atoms with E-state index >= 15 is 0 Å². The fourth-order valence-corrected chi connectivity index (χ4v) is 3.71. The van der Waals surface area contributed by atoms with Gasteiger partial charge in [0.15, 0.2) is 0 Å². The largest absolute Gasteiger partial charge is 0.283 e. The average Bonchev–Trinajstić information content (AvgIpc) is 2.89. The number of fused-ring (bicyclic) bond motifs is 1. The SMILES string of the molecule is C/C(=N/NC(=O)c1sc2cc(Cl)ccc2c1Cl)c1ccncc1. The second-order valence-corrected chi connectivity index (χ2v) is 6.63. The van der Waals surface area contributed by atoms with Crippen molar-refractivity contribution in [3.8, 4) is 0 Å². The van der Waals surface area contributed by atoms with Gasteiger partial charge in [0.2, 0.25) is 0 Å². The normalized spacial score (nSPS) is 11.7. The molecule has 0 spiro atoms. The Bertz CT molecular complexity index is 906. The lowest BCUT2D eigenvalue weighted by atomic mass is 10.2. The van der Waals surface area contributed by atoms with Gasteiger partial charge in [-0.2, -0.15) is 5.10 Å². The molecule has 0 aliphatic carbocycles. The van der Waals surface area contributed by atoms with Gasteiger partial charge in [0, 0.05) is 33.1 Å². The van der Waals surface area contributed by atoms with E-state index in [0.29, 0.717) is 20.6 Å². The van der Waals surface area contributed by atoms with E-state index in [9.17, 15) is 4.79 Å². The molecule has 0 atom stereocenters. The molecule has 0 radical (unpaired) electrons. The van der Waals surface area contributed by atoms with Crippen LogP contribution in [0, 0.1) is 0 Å². The Labute approximate surface area is 146 Å². The highest BCUT2D eigenvalue weighted by molar-refractivity contribution is 7.21. The number of aromatic nitrogens is 1. The van der Waals surface area contributed by atoms with Crippen LogP contribution in [0.5, 0.6) is 0 Å². The lowest BCUT2D eigenvalue weighted by molar-refractivity contribution is 0.0959. The highest BCUT2D eigenvalue weighted by Gasteiger charge is 2.17. The molecule has 3 rings (SSSR count). The molecule has 0 saturated heterocycles. The van der Waals surface area contributed by atoms with Gasteiger partial charge in [0.25, 0.3) is 5.91 Å². The molecule has 0 fully saturated rings. The minimum atomic E-state index is -0.347. The van der Waals surface area contributed by atoms with Crippen molar-refractivity contribution in [3.63, 3.8) is 0 Å². The number of hydrazone groups is 1. The quantitative estimate of drug-likeness (QED) is 0.538. The third kappa shape index (κ3) is 3.37. The number of carbonyl (C=O) groups is 1. The molecule has 0 bridgehead atoms. The molecule has 2 aromatic heterocycles. The van der Waals surface area contributed by atoms with Crippen molar-refractivity contribution in [2.24, 2.45) is 5.10 Å². The van der Waals surface area contributed by atoms with Crippen LogP contribution in [0.3, 0.4) is 0 Å². The van der Waals surface area contributed by atoms with E-state index in [4.69, 9.17) is 23.2 Å². The molecule has 1 aromatic carbocycles. The maximum atomic E-state index is 12.3. The van der Waals surface area contributed by atoms with Crippen LogP contribution in [0.4, 0.5) is 0 Å². The molecule has 2 heterocycles. The number of pyridine rings is 1. The van der Waals surface area contributed by atoms with Crippen LogP contribution >= 0.6 is 34.5 Å². The summed E-state index contributed by atoms with van der Waals surface area (Å²) in [6, 6.07) is 8.98. The molecule has 0 saturated carbocycles. The average molecular weight is 364 g/mol. The van der Waals surface area contributed by atoms with Gasteiger partial charge in [-0.1, -0.05) is 29.3 Å². The van der Waals surface area contributed by atoms with Crippen molar-refractivity contribution < 1.29 is 4.79 Å². The summed E-state index contributed by atoms with van der Waals surface area (Å²) in [4.78, 5) is 16.7. The summed E-state index contributed by atoms with van der Waals surface area (Å²) in [5.41, 5.74) is 4.10. The predicted molar refractivity (Wildman–Crippen MR) is 95.8 cm³/mol. The monoisotopic (exact) mass is 363 g/mol. The number of hydrogen-bond acceptors (Lipinski definition) is 4. The Hall–Kier alpha value is -1.95. The Kier molecular flexibility index (Phi) is 4.61. The molecule has 23 heavy (non-hydrogen) atoms. The Morgan fingerprint density at radius 1 is 1.22 bits per heavy atom. The minimum absolute atomic E-state index is 0.347. The van der Waals surface area contributed by atoms with Crippen LogP contribution in [0.25, 0.3) is 10.1 Å². The zero-order valence-corrected chi connectivity index (χ0v) is 14.3. The number of carbonyl (C=O) groups excluding carboxylic acids is 1. The fourth-order valence-electron chi connectivity index (χ4n) is 2.03. The van der Waals surface area contributed by atoms with Gasteiger partial charge in [0.05, 0.1) is 10.7 Å². The first-order valence-electron chi connectivity index (χ1n) is 6.69. The summed E-state index contributed by atoms with van der Waals surface area (Å²) in [7, 11) is 0. The van der Waals surface area contributed by atoms with Crippen molar-refractivity contribution in [1.82, 2.24) is 10.4 Å². The molecule has 0 unspecified atom stereocenters. The summed E-state index contributed by atoms with van der Waals surface area (Å²) in [6.45, 7) is 1.81. The Balaban J connectivity index is 1.85. The summed E-state index contributed by atoms with van der Waals surface area (Å²) < 4.78 is 0.863. The number of amides is 1. The van der Waals surface area contributed by atoms with Crippen molar-refractivity contribution in [1.29, 1.82) is 0 Å². The van der Waals surface area contributed by atoms with Crippen LogP contribution in [0.15, 0.2) is 47.8 Å². The van der Waals surface area contributed by atoms with Crippen molar-refractivity contribution in [3.05, 3.63) is 63.2 Å². The summed E-state index contributed by atoms with van der Waals surface area (Å²) >= 11 is 13.5. The van der Waals surface area contributed by atoms with Gasteiger partial charge in [-0.15, -0.1) is 11.3 Å². The summed E-state index contributed by atoms with van der Waals surface area (Å²) in [6.07, 6.45) is 3.34. The number of nitrogens with one attached hydrogen (secondary N) is 1. The van der Waals surface area contributed by atoms with Crippen molar-refractivity contribution in [2.45, 2.75) is 6.92 Å². The lowest BCUT2D eigenvalue weighted by Crippen LogP contribution is -2.18. The number of nitrogens with zero attached hydrogens (tertiary/aromatic N) is 2. The van der Waals surface area contributed by atoms with E-state index in [1.54, 1.807) is 30.6 Å². The van der Waals surface area contributed by atoms with Crippen molar-refractivity contribution >= 4 is 56.2 Å². The highest BCUT2D eigenvalue weighted by Crippen LogP contribution is 2.36. The van der Waals surface area contributed by atoms with E-state index in [1.165, 1.54) is 11.3 Å².